The highest BCUT2D eigenvalue weighted by molar-refractivity contribution is 8.13. The molecule has 5 atom stereocenters. The third-order valence-corrected chi connectivity index (χ3v) is 9.60. The van der Waals surface area contributed by atoms with Gasteiger partial charge >= 0.3 is 13.4 Å². The number of aromatic nitrogens is 2. The van der Waals surface area contributed by atoms with Crippen LogP contribution in [0.1, 0.15) is 40.0 Å². The van der Waals surface area contributed by atoms with Crippen LogP contribution in [0.25, 0.3) is 0 Å². The van der Waals surface area contributed by atoms with Crippen molar-refractivity contribution in [2.75, 3.05) is 38.4 Å². The number of hydrogen-bond acceptors (Lipinski definition) is 12. The highest BCUT2D eigenvalue weighted by Crippen LogP contribution is 2.53. The number of ether oxygens (including phenoxy) is 1. The molecule has 230 valence electrons. The summed E-state index contributed by atoms with van der Waals surface area (Å²) in [5, 5.41) is 30.9. The summed E-state index contributed by atoms with van der Waals surface area (Å²) in [5.41, 5.74) is 2.74. The monoisotopic (exact) mass is 616 g/mol. The normalized spacial score (nSPS) is 24.1. The highest BCUT2D eigenvalue weighted by Gasteiger charge is 2.54. The van der Waals surface area contributed by atoms with E-state index in [0.29, 0.717) is 0 Å². The van der Waals surface area contributed by atoms with Gasteiger partial charge in [0.25, 0.3) is 0 Å². The molecule has 3 rings (SSSR count). The van der Waals surface area contributed by atoms with Crippen LogP contribution >= 0.6 is 19.5 Å². The van der Waals surface area contributed by atoms with Crippen molar-refractivity contribution in [1.82, 2.24) is 14.2 Å². The molecule has 13 nitrogen and oxygen atoms in total. The van der Waals surface area contributed by atoms with Crippen LogP contribution in [-0.2, 0) is 29.7 Å². The molecule has 2 heterocycles. The van der Waals surface area contributed by atoms with Gasteiger partial charge < -0.3 is 25.8 Å². The number of rotatable bonds is 13. The molecule has 0 bridgehead atoms. The van der Waals surface area contributed by atoms with Crippen molar-refractivity contribution in [3.05, 3.63) is 58.6 Å². The fourth-order valence-corrected chi connectivity index (χ4v) is 6.26. The number of benzene rings is 1. The molecule has 5 N–H and O–H groups in total. The number of aliphatic hydroxyl groups is 3. The summed E-state index contributed by atoms with van der Waals surface area (Å²) in [6.45, 7) is 3.85. The number of carbonyl (C=O) groups is 1. The maximum atomic E-state index is 14.0. The smallest absolute Gasteiger partial charge is 0.395 e. The van der Waals surface area contributed by atoms with Gasteiger partial charge in [0.15, 0.2) is 11.3 Å². The minimum Gasteiger partial charge on any atom is -0.395 e. The molecule has 1 aromatic heterocycles. The van der Waals surface area contributed by atoms with E-state index in [1.807, 2.05) is 30.3 Å². The Balaban J connectivity index is 0.00000588. The Kier molecular flexibility index (Phi) is 12.3. The van der Waals surface area contributed by atoms with E-state index in [2.05, 4.69) is 4.98 Å². The van der Waals surface area contributed by atoms with Crippen LogP contribution in [-0.4, -0.2) is 85.1 Å². The summed E-state index contributed by atoms with van der Waals surface area (Å²) in [7, 11) is -2.48. The van der Waals surface area contributed by atoms with Crippen LogP contribution in [0, 0.1) is 5.41 Å². The van der Waals surface area contributed by atoms with Crippen LogP contribution in [0.4, 0.5) is 5.82 Å². The number of hydrogen-bond donors (Lipinski definition) is 4. The maximum absolute atomic E-state index is 14.0. The van der Waals surface area contributed by atoms with Gasteiger partial charge in [0.2, 0.25) is 0 Å². The zero-order valence-corrected chi connectivity index (χ0v) is 24.6. The Hall–Kier alpha value is -2.13. The molecule has 2 aromatic rings. The SMILES string of the molecule is C.CN(Cc1ccccc1)P(=O)(OCCSC(=O)C(C)(C)CO)OC[C@H]1O[C@@H](n2ccc(N)nc2=O)[C@](C)(O)[C@@H]1O. The molecule has 0 amide bonds. The Labute approximate surface area is 244 Å². The molecule has 1 saturated heterocycles. The van der Waals surface area contributed by atoms with Gasteiger partial charge in [-0.2, -0.15) is 4.98 Å². The summed E-state index contributed by atoms with van der Waals surface area (Å²) in [6.07, 6.45) is -2.74. The molecule has 0 spiro atoms. The van der Waals surface area contributed by atoms with Gasteiger partial charge in [-0.05, 0) is 39.4 Å². The number of nitrogens with two attached hydrogens (primary N) is 1. The lowest BCUT2D eigenvalue weighted by atomic mass is 9.96. The zero-order valence-electron chi connectivity index (χ0n) is 22.9. The summed E-state index contributed by atoms with van der Waals surface area (Å²) in [4.78, 5) is 28.3. The predicted octanol–water partition coefficient (Wildman–Crippen LogP) is 2.02. The summed E-state index contributed by atoms with van der Waals surface area (Å²) in [6, 6.07) is 10.6. The van der Waals surface area contributed by atoms with E-state index in [9.17, 15) is 29.5 Å². The van der Waals surface area contributed by atoms with E-state index in [0.717, 1.165) is 21.9 Å². The number of carbonyl (C=O) groups excluding carboxylic acids is 1. The lowest BCUT2D eigenvalue weighted by molar-refractivity contribution is -0.119. The van der Waals surface area contributed by atoms with Crippen molar-refractivity contribution in [3.8, 4) is 0 Å². The predicted molar refractivity (Wildman–Crippen MR) is 156 cm³/mol. The first kappa shape index (κ1) is 35.1. The average molecular weight is 617 g/mol. The van der Waals surface area contributed by atoms with E-state index >= 15 is 0 Å². The van der Waals surface area contributed by atoms with Gasteiger partial charge in [-0.25, -0.2) is 14.0 Å². The van der Waals surface area contributed by atoms with Gasteiger partial charge in [0.05, 0.1) is 25.2 Å². The van der Waals surface area contributed by atoms with Gasteiger partial charge in [-0.15, -0.1) is 0 Å². The van der Waals surface area contributed by atoms with Crippen LogP contribution in [0.15, 0.2) is 47.4 Å². The Morgan fingerprint density at radius 1 is 1.29 bits per heavy atom. The van der Waals surface area contributed by atoms with Gasteiger partial charge in [-0.3, -0.25) is 18.4 Å². The first-order chi connectivity index (χ1) is 18.7. The lowest BCUT2D eigenvalue weighted by Gasteiger charge is -2.29. The van der Waals surface area contributed by atoms with Gasteiger partial charge in [-0.1, -0.05) is 49.5 Å². The van der Waals surface area contributed by atoms with Crippen LogP contribution in [0.2, 0.25) is 0 Å². The molecule has 0 radical (unpaired) electrons. The molecule has 41 heavy (non-hydrogen) atoms. The number of nitrogens with zero attached hydrogens (tertiary/aromatic N) is 3. The fourth-order valence-electron chi connectivity index (χ4n) is 3.87. The van der Waals surface area contributed by atoms with Crippen molar-refractivity contribution < 1.29 is 38.5 Å². The second-order valence-electron chi connectivity index (χ2n) is 10.3. The van der Waals surface area contributed by atoms with Crippen LogP contribution in [0.5, 0.6) is 0 Å². The summed E-state index contributed by atoms with van der Waals surface area (Å²) in [5.74, 6) is 0.139. The second-order valence-corrected chi connectivity index (χ2v) is 13.5. The standard InChI is InChI=1S/C25H37N4O9PS.CH4/c1-24(2,16-30)22(32)40-13-12-36-39(35,28(4)14-17-8-6-5-7-9-17)37-15-18-20(31)25(3,34)21(38-18)29-11-10-19(26)27-23(29)33;/h5-11,18,20-21,30-31,34H,12-16H2,1-4H3,(H2,26,27,33);1H4/t18-,20-,21-,25-,39?;/m1./s1. The van der Waals surface area contributed by atoms with Crippen molar-refractivity contribution in [1.29, 1.82) is 0 Å². The Bertz CT molecular complexity index is 1260. The molecule has 0 aliphatic carbocycles. The largest absolute Gasteiger partial charge is 0.408 e. The Morgan fingerprint density at radius 3 is 2.56 bits per heavy atom. The molecule has 1 unspecified atom stereocenters. The minimum atomic E-state index is -4.02. The van der Waals surface area contributed by atoms with Crippen molar-refractivity contribution in [2.24, 2.45) is 5.41 Å². The number of thioether (sulfide) groups is 1. The Morgan fingerprint density at radius 2 is 1.95 bits per heavy atom. The average Bonchev–Trinajstić information content (AvgIpc) is 3.13. The molecule has 1 aliphatic rings. The lowest BCUT2D eigenvalue weighted by Crippen LogP contribution is -2.46. The second kappa shape index (κ2) is 14.4. The molecule has 1 fully saturated rings. The molecular formula is C26H41N4O9PS. The van der Waals surface area contributed by atoms with Gasteiger partial charge in [0.1, 0.15) is 23.6 Å². The number of nitrogen functional groups attached to an aromatic ring is 1. The van der Waals surface area contributed by atoms with Crippen LogP contribution in [0.3, 0.4) is 0 Å². The summed E-state index contributed by atoms with van der Waals surface area (Å²) >= 11 is 0.944. The van der Waals surface area contributed by atoms with E-state index in [-0.39, 0.29) is 43.9 Å². The van der Waals surface area contributed by atoms with E-state index in [1.54, 1.807) is 20.9 Å². The zero-order chi connectivity index (χ0) is 29.7. The third kappa shape index (κ3) is 8.46. The van der Waals surface area contributed by atoms with Gasteiger partial charge in [0, 0.05) is 18.5 Å². The van der Waals surface area contributed by atoms with Crippen LogP contribution < -0.4 is 11.4 Å². The molecule has 15 heteroatoms. The molecule has 0 saturated carbocycles. The maximum Gasteiger partial charge on any atom is 0.408 e. The van der Waals surface area contributed by atoms with Crippen molar-refractivity contribution >= 4 is 30.4 Å². The topological polar surface area (TPSA) is 187 Å². The molecule has 1 aliphatic heterocycles. The first-order valence-corrected chi connectivity index (χ1v) is 15.0. The van der Waals surface area contributed by atoms with Crippen molar-refractivity contribution in [3.63, 3.8) is 0 Å². The highest BCUT2D eigenvalue weighted by atomic mass is 32.2. The van der Waals surface area contributed by atoms with E-state index in [4.69, 9.17) is 19.5 Å². The fraction of sp³-hybridized carbons (Fsp3) is 0.577. The molecule has 1 aromatic carbocycles. The quantitative estimate of drug-likeness (QED) is 0.189. The van der Waals surface area contributed by atoms with E-state index in [1.165, 1.54) is 23.9 Å². The summed E-state index contributed by atoms with van der Waals surface area (Å²) < 4.78 is 33.6. The first-order valence-electron chi connectivity index (χ1n) is 12.5. The third-order valence-electron chi connectivity index (χ3n) is 6.45. The minimum absolute atomic E-state index is 0. The van der Waals surface area contributed by atoms with E-state index < -0.39 is 49.5 Å². The number of anilines is 1. The van der Waals surface area contributed by atoms with Crippen molar-refractivity contribution in [2.45, 2.75) is 58.8 Å². The molecular weight excluding hydrogens is 575 g/mol. The number of aliphatic hydroxyl groups excluding tert-OH is 2.